The van der Waals surface area contributed by atoms with Crippen molar-refractivity contribution in [3.8, 4) is 17.3 Å². The number of amides is 1. The lowest BCUT2D eigenvalue weighted by atomic mass is 9.71. The number of ether oxygens (including phenoxy) is 1. The van der Waals surface area contributed by atoms with Crippen LogP contribution in [-0.2, 0) is 22.9 Å². The van der Waals surface area contributed by atoms with Crippen LogP contribution < -0.4 is 10.5 Å². The monoisotopic (exact) mass is 597 g/mol. The second kappa shape index (κ2) is 9.60. The van der Waals surface area contributed by atoms with Gasteiger partial charge in [0.1, 0.15) is 11.3 Å². The second-order valence-electron chi connectivity index (χ2n) is 13.3. The number of nitrogens with zero attached hydrogens (tertiary/aromatic N) is 4. The van der Waals surface area contributed by atoms with Crippen molar-refractivity contribution in [2.75, 3.05) is 25.2 Å². The fourth-order valence-electron chi connectivity index (χ4n) is 7.87. The molecule has 2 saturated carbocycles. The van der Waals surface area contributed by atoms with Crippen LogP contribution in [0.3, 0.4) is 0 Å². The Labute approximate surface area is 252 Å². The summed E-state index contributed by atoms with van der Waals surface area (Å²) in [5, 5.41) is 1.14. The van der Waals surface area contributed by atoms with Gasteiger partial charge in [0.15, 0.2) is 15.7 Å². The van der Waals surface area contributed by atoms with Crippen molar-refractivity contribution in [2.24, 2.45) is 23.5 Å². The zero-order chi connectivity index (χ0) is 29.7. The highest BCUT2D eigenvalue weighted by atomic mass is 32.2. The smallest absolute Gasteiger partial charge is 0.254 e. The molecule has 222 valence electrons. The van der Waals surface area contributed by atoms with Gasteiger partial charge in [0.25, 0.3) is 5.91 Å². The van der Waals surface area contributed by atoms with E-state index >= 15 is 0 Å². The Balaban J connectivity index is 1.29. The highest BCUT2D eigenvalue weighted by molar-refractivity contribution is 7.91. The number of fused-ring (bicyclic) bond motifs is 4. The highest BCUT2D eigenvalue weighted by Gasteiger charge is 2.54. The van der Waals surface area contributed by atoms with Crippen LogP contribution in [0.15, 0.2) is 42.5 Å². The van der Waals surface area contributed by atoms with Gasteiger partial charge >= 0.3 is 0 Å². The summed E-state index contributed by atoms with van der Waals surface area (Å²) >= 11 is 0. The number of hydrogen-bond acceptors (Lipinski definition) is 6. The van der Waals surface area contributed by atoms with E-state index in [4.69, 9.17) is 23.3 Å². The van der Waals surface area contributed by atoms with Crippen molar-refractivity contribution in [3.63, 3.8) is 0 Å². The maximum Gasteiger partial charge on any atom is 0.254 e. The van der Waals surface area contributed by atoms with Gasteiger partial charge in [-0.2, -0.15) is 0 Å². The van der Waals surface area contributed by atoms with Gasteiger partial charge in [-0.15, -0.1) is 0 Å². The van der Waals surface area contributed by atoms with Crippen molar-refractivity contribution in [3.05, 3.63) is 48.0 Å². The topological polar surface area (TPSA) is 112 Å². The summed E-state index contributed by atoms with van der Waals surface area (Å²) in [6.45, 7) is 1.95. The molecule has 2 saturated heterocycles. The molecule has 4 aliphatic rings. The number of sulfone groups is 1. The first-order valence-corrected chi connectivity index (χ1v) is 17.2. The standard InChI is InChI=1S/C32H36BN5O4S/c1-42-27-14-22(31(39)37-17-23-8-9-28(37)32(23,33)34)12-24-29(27)38(16-20-10-11-43(40,41)18-20)30(35-24)26-13-21-4-2-3-5-25(21)36(26)15-19-6-7-19/h2-5,12-14,19-20,23,28H,6-11,15-18,34H2,1H3/t20?,23?,28?,32-/m0/s1. The normalized spacial score (nSPS) is 28.0. The highest BCUT2D eigenvalue weighted by Crippen LogP contribution is 2.44. The maximum atomic E-state index is 13.9. The zero-order valence-electron chi connectivity index (χ0n) is 24.4. The van der Waals surface area contributed by atoms with Crippen LogP contribution in [0.5, 0.6) is 5.75 Å². The predicted molar refractivity (Wildman–Crippen MR) is 167 cm³/mol. The SMILES string of the molecule is [B][C@]1(N)C2CCC1N(C(=O)c1cc(OC)c3c(c1)nc(-c1cc4ccccc4n1CC1CC1)n3CC1CCS(=O)(=O)C1)C2. The average Bonchev–Trinajstić information content (AvgIpc) is 3.21. The molecule has 2 N–H and O–H groups in total. The van der Waals surface area contributed by atoms with Crippen LogP contribution in [0.2, 0.25) is 0 Å². The molecule has 2 aliphatic carbocycles. The number of rotatable bonds is 7. The lowest BCUT2D eigenvalue weighted by Crippen LogP contribution is -2.52. The fourth-order valence-corrected chi connectivity index (χ4v) is 9.72. The number of benzene rings is 2. The van der Waals surface area contributed by atoms with Gasteiger partial charge in [0.05, 0.1) is 37.7 Å². The number of imidazole rings is 1. The van der Waals surface area contributed by atoms with Gasteiger partial charge in [-0.05, 0) is 74.1 Å². The van der Waals surface area contributed by atoms with Crippen molar-refractivity contribution < 1.29 is 17.9 Å². The van der Waals surface area contributed by atoms with E-state index in [9.17, 15) is 13.2 Å². The van der Waals surface area contributed by atoms with Gasteiger partial charge in [-0.25, -0.2) is 13.4 Å². The van der Waals surface area contributed by atoms with Crippen LogP contribution >= 0.6 is 0 Å². The molecule has 43 heavy (non-hydrogen) atoms. The van der Waals surface area contributed by atoms with Crippen molar-refractivity contribution in [2.45, 2.75) is 56.7 Å². The lowest BCUT2D eigenvalue weighted by molar-refractivity contribution is 0.0697. The Morgan fingerprint density at radius 3 is 2.53 bits per heavy atom. The van der Waals surface area contributed by atoms with E-state index in [1.165, 1.54) is 12.8 Å². The number of likely N-dealkylation sites (tertiary alicyclic amines) is 1. The van der Waals surface area contributed by atoms with Crippen LogP contribution in [0, 0.1) is 17.8 Å². The summed E-state index contributed by atoms with van der Waals surface area (Å²) in [6, 6.07) is 14.0. The number of para-hydroxylation sites is 1. The van der Waals surface area contributed by atoms with Crippen LogP contribution in [-0.4, -0.2) is 77.8 Å². The minimum Gasteiger partial charge on any atom is -0.494 e. The molecular formula is C32H36BN5O4S. The predicted octanol–water partition coefficient (Wildman–Crippen LogP) is 3.57. The molecule has 8 rings (SSSR count). The van der Waals surface area contributed by atoms with Crippen LogP contribution in [0.4, 0.5) is 0 Å². The Bertz CT molecular complexity index is 1890. The molecular weight excluding hydrogens is 561 g/mol. The molecule has 11 heteroatoms. The number of nitrogens with two attached hydrogens (primary N) is 1. The maximum absolute atomic E-state index is 13.9. The third-order valence-corrected chi connectivity index (χ3v) is 12.2. The number of methoxy groups -OCH3 is 1. The van der Waals surface area contributed by atoms with Gasteiger partial charge in [-0.1, -0.05) is 18.2 Å². The zero-order valence-corrected chi connectivity index (χ0v) is 25.2. The quantitative estimate of drug-likeness (QED) is 0.326. The molecule has 4 aromatic rings. The van der Waals surface area contributed by atoms with E-state index in [2.05, 4.69) is 33.4 Å². The molecule has 3 unspecified atom stereocenters. The van der Waals surface area contributed by atoms with Crippen molar-refractivity contribution in [1.82, 2.24) is 19.0 Å². The van der Waals surface area contributed by atoms with E-state index in [0.717, 1.165) is 47.3 Å². The number of aromatic nitrogens is 3. The fraction of sp³-hybridized carbons (Fsp3) is 0.500. The minimum absolute atomic E-state index is 0.0317. The Morgan fingerprint density at radius 2 is 1.86 bits per heavy atom. The summed E-state index contributed by atoms with van der Waals surface area (Å²) in [5.74, 6) is 2.26. The molecule has 1 amide bonds. The van der Waals surface area contributed by atoms with E-state index in [0.29, 0.717) is 42.3 Å². The molecule has 2 bridgehead atoms. The van der Waals surface area contributed by atoms with E-state index in [-0.39, 0.29) is 35.3 Å². The van der Waals surface area contributed by atoms with E-state index < -0.39 is 15.3 Å². The molecule has 9 nitrogen and oxygen atoms in total. The molecule has 4 atom stereocenters. The second-order valence-corrected chi connectivity index (χ2v) is 15.5. The number of piperidine rings is 1. The Kier molecular flexibility index (Phi) is 6.08. The summed E-state index contributed by atoms with van der Waals surface area (Å²) in [4.78, 5) is 20.9. The van der Waals surface area contributed by atoms with Gasteiger partial charge in [-0.3, -0.25) is 4.79 Å². The lowest BCUT2D eigenvalue weighted by Gasteiger charge is -2.30. The largest absolute Gasteiger partial charge is 0.494 e. The molecule has 4 fully saturated rings. The molecule has 0 spiro atoms. The molecule has 2 aliphatic heterocycles. The van der Waals surface area contributed by atoms with Crippen molar-refractivity contribution in [1.29, 1.82) is 0 Å². The van der Waals surface area contributed by atoms with E-state index in [1.807, 2.05) is 17.0 Å². The Hall–Kier alpha value is -3.31. The third-order valence-electron chi connectivity index (χ3n) is 10.3. The van der Waals surface area contributed by atoms with E-state index in [1.54, 1.807) is 13.2 Å². The Morgan fingerprint density at radius 1 is 1.07 bits per heavy atom. The summed E-state index contributed by atoms with van der Waals surface area (Å²) in [6.07, 6.45) is 4.78. The third kappa shape index (κ3) is 4.41. The molecule has 4 heterocycles. The summed E-state index contributed by atoms with van der Waals surface area (Å²) < 4.78 is 35.3. The molecule has 2 aromatic heterocycles. The van der Waals surface area contributed by atoms with Gasteiger partial charge in [0, 0.05) is 47.6 Å². The van der Waals surface area contributed by atoms with Gasteiger partial charge < -0.3 is 24.5 Å². The number of carbonyl (C=O) groups excluding carboxylic acids is 1. The first kappa shape index (κ1) is 27.3. The summed E-state index contributed by atoms with van der Waals surface area (Å²) in [7, 11) is 4.99. The minimum atomic E-state index is -3.06. The number of carbonyl (C=O) groups is 1. The van der Waals surface area contributed by atoms with Crippen LogP contribution in [0.25, 0.3) is 33.5 Å². The number of hydrogen-bond donors (Lipinski definition) is 1. The average molecular weight is 598 g/mol. The first-order valence-electron chi connectivity index (χ1n) is 15.4. The molecule has 2 aromatic carbocycles. The van der Waals surface area contributed by atoms with Crippen LogP contribution in [0.1, 0.15) is 42.5 Å². The first-order chi connectivity index (χ1) is 20.6. The van der Waals surface area contributed by atoms with Crippen molar-refractivity contribution >= 4 is 45.5 Å². The molecule has 2 radical (unpaired) electrons. The summed E-state index contributed by atoms with van der Waals surface area (Å²) in [5.41, 5.74) is 9.65. The van der Waals surface area contributed by atoms with Gasteiger partial charge in [0.2, 0.25) is 0 Å².